The predicted molar refractivity (Wildman–Crippen MR) is 78.7 cm³/mol. The van der Waals surface area contributed by atoms with Gasteiger partial charge in [-0.05, 0) is 26.3 Å². The first-order valence-electron chi connectivity index (χ1n) is 6.73. The molecule has 1 rings (SSSR count). The maximum Gasteiger partial charge on any atom is 0.340 e. The van der Waals surface area contributed by atoms with Gasteiger partial charge in [0.1, 0.15) is 6.16 Å². The van der Waals surface area contributed by atoms with Crippen molar-refractivity contribution in [3.05, 3.63) is 35.9 Å². The molecule has 1 aromatic carbocycles. The fourth-order valence-corrected chi connectivity index (χ4v) is 3.30. The molecule has 0 saturated carbocycles. The summed E-state index contributed by atoms with van der Waals surface area (Å²) in [6, 6.07) is 9.43. The fraction of sp³-hybridized carbons (Fsp3) is 0.500. The summed E-state index contributed by atoms with van der Waals surface area (Å²) in [7, 11) is -3.34. The molecule has 0 fully saturated rings. The monoisotopic (exact) mass is 299 g/mol. The van der Waals surface area contributed by atoms with E-state index in [2.05, 4.69) is 5.32 Å². The summed E-state index contributed by atoms with van der Waals surface area (Å²) >= 11 is 0. The van der Waals surface area contributed by atoms with Crippen molar-refractivity contribution in [2.75, 3.05) is 19.4 Å². The maximum absolute atomic E-state index is 12.2. The average Bonchev–Trinajstić information content (AvgIpc) is 2.39. The Hall–Kier alpha value is -1.16. The van der Waals surface area contributed by atoms with Gasteiger partial charge in [-0.3, -0.25) is 9.36 Å². The van der Waals surface area contributed by atoms with Gasteiger partial charge in [-0.1, -0.05) is 30.3 Å². The summed E-state index contributed by atoms with van der Waals surface area (Å²) in [6.45, 7) is 5.81. The van der Waals surface area contributed by atoms with Crippen LogP contribution in [0.4, 0.5) is 0 Å². The third-order valence-corrected chi connectivity index (χ3v) is 4.64. The minimum atomic E-state index is -3.34. The van der Waals surface area contributed by atoms with Crippen molar-refractivity contribution in [2.24, 2.45) is 0 Å². The van der Waals surface area contributed by atoms with Gasteiger partial charge in [-0.15, -0.1) is 0 Å². The Bertz CT molecular complexity index is 454. The van der Waals surface area contributed by atoms with Crippen molar-refractivity contribution < 1.29 is 18.4 Å². The minimum Gasteiger partial charge on any atom is -0.349 e. The summed E-state index contributed by atoms with van der Waals surface area (Å²) in [5, 5.41) is 2.80. The second-order valence-corrected chi connectivity index (χ2v) is 6.36. The maximum atomic E-state index is 12.2. The normalized spacial score (nSPS) is 12.9. The van der Waals surface area contributed by atoms with E-state index >= 15 is 0 Å². The quantitative estimate of drug-likeness (QED) is 0.749. The predicted octanol–water partition coefficient (Wildman–Crippen LogP) is 3.13. The van der Waals surface area contributed by atoms with Crippen LogP contribution in [0.3, 0.4) is 0 Å². The van der Waals surface area contributed by atoms with Gasteiger partial charge in [0.25, 0.3) is 0 Å². The Kier molecular flexibility index (Phi) is 6.93. The lowest BCUT2D eigenvalue weighted by Crippen LogP contribution is -2.29. The third-order valence-electron chi connectivity index (χ3n) is 2.67. The van der Waals surface area contributed by atoms with Crippen LogP contribution in [0.25, 0.3) is 0 Å². The zero-order valence-corrected chi connectivity index (χ0v) is 13.1. The van der Waals surface area contributed by atoms with Crippen molar-refractivity contribution in [1.82, 2.24) is 5.32 Å². The van der Waals surface area contributed by atoms with Crippen molar-refractivity contribution in [1.29, 1.82) is 0 Å². The van der Waals surface area contributed by atoms with Gasteiger partial charge in [0.15, 0.2) is 0 Å². The zero-order chi connectivity index (χ0) is 15.0. The SMILES string of the molecule is CCOP(=O)(CC(=O)NC(C)c1ccccc1)OCC. The van der Waals surface area contributed by atoms with E-state index < -0.39 is 7.60 Å². The molecule has 6 heteroatoms. The van der Waals surface area contributed by atoms with Gasteiger partial charge in [-0.25, -0.2) is 0 Å². The number of carbonyl (C=O) groups is 1. The standard InChI is InChI=1S/C14H22NO4P/c1-4-18-20(17,19-5-2)11-14(16)15-12(3)13-9-7-6-8-10-13/h6-10,12H,4-5,11H2,1-3H3,(H,15,16). The molecule has 1 amide bonds. The Labute approximate surface area is 120 Å². The number of benzene rings is 1. The molecule has 0 aromatic heterocycles. The van der Waals surface area contributed by atoms with E-state index in [1.165, 1.54) is 0 Å². The second-order valence-electron chi connectivity index (χ2n) is 4.30. The lowest BCUT2D eigenvalue weighted by Gasteiger charge is -2.19. The van der Waals surface area contributed by atoms with Crippen molar-refractivity contribution in [3.8, 4) is 0 Å². The van der Waals surface area contributed by atoms with Crippen LogP contribution in [0, 0.1) is 0 Å². The van der Waals surface area contributed by atoms with E-state index in [4.69, 9.17) is 9.05 Å². The molecule has 0 spiro atoms. The van der Waals surface area contributed by atoms with Gasteiger partial charge in [-0.2, -0.15) is 0 Å². The molecular weight excluding hydrogens is 277 g/mol. The molecule has 0 aliphatic carbocycles. The van der Waals surface area contributed by atoms with Crippen LogP contribution in [0.15, 0.2) is 30.3 Å². The number of hydrogen-bond acceptors (Lipinski definition) is 4. The average molecular weight is 299 g/mol. The van der Waals surface area contributed by atoms with Gasteiger partial charge in [0, 0.05) is 0 Å². The number of hydrogen-bond donors (Lipinski definition) is 1. The summed E-state index contributed by atoms with van der Waals surface area (Å²) in [6.07, 6.45) is -0.258. The van der Waals surface area contributed by atoms with Crippen LogP contribution in [0.5, 0.6) is 0 Å². The van der Waals surface area contributed by atoms with Crippen LogP contribution in [-0.4, -0.2) is 25.3 Å². The topological polar surface area (TPSA) is 64.6 Å². The van der Waals surface area contributed by atoms with Gasteiger partial charge < -0.3 is 14.4 Å². The minimum absolute atomic E-state index is 0.152. The molecule has 20 heavy (non-hydrogen) atoms. The highest BCUT2D eigenvalue weighted by Gasteiger charge is 2.28. The van der Waals surface area contributed by atoms with Crippen molar-refractivity contribution >= 4 is 13.5 Å². The second kappa shape index (κ2) is 8.20. The van der Waals surface area contributed by atoms with E-state index in [9.17, 15) is 9.36 Å². The van der Waals surface area contributed by atoms with E-state index in [0.717, 1.165) is 5.56 Å². The first-order valence-corrected chi connectivity index (χ1v) is 8.46. The molecule has 0 bridgehead atoms. The highest BCUT2D eigenvalue weighted by molar-refractivity contribution is 7.54. The van der Waals surface area contributed by atoms with Crippen molar-refractivity contribution in [2.45, 2.75) is 26.8 Å². The zero-order valence-electron chi connectivity index (χ0n) is 12.2. The van der Waals surface area contributed by atoms with E-state index in [1.807, 2.05) is 37.3 Å². The summed E-state index contributed by atoms with van der Waals surface area (Å²) in [5.41, 5.74) is 0.989. The molecule has 1 N–H and O–H groups in total. The van der Waals surface area contributed by atoms with E-state index in [0.29, 0.717) is 0 Å². The van der Waals surface area contributed by atoms with Crippen LogP contribution in [0.1, 0.15) is 32.4 Å². The molecule has 0 aliphatic heterocycles. The van der Waals surface area contributed by atoms with Gasteiger partial charge >= 0.3 is 7.60 Å². The van der Waals surface area contributed by atoms with Crippen LogP contribution < -0.4 is 5.32 Å². The molecule has 1 atom stereocenters. The van der Waals surface area contributed by atoms with E-state index in [-0.39, 0.29) is 31.3 Å². The fourth-order valence-electron chi connectivity index (χ4n) is 1.81. The Morgan fingerprint density at radius 3 is 2.25 bits per heavy atom. The van der Waals surface area contributed by atoms with E-state index in [1.54, 1.807) is 13.8 Å². The van der Waals surface area contributed by atoms with Crippen molar-refractivity contribution in [3.63, 3.8) is 0 Å². The Morgan fingerprint density at radius 1 is 1.20 bits per heavy atom. The molecule has 0 aliphatic rings. The largest absolute Gasteiger partial charge is 0.349 e. The molecular formula is C14H22NO4P. The molecule has 1 aromatic rings. The lowest BCUT2D eigenvalue weighted by molar-refractivity contribution is -0.119. The van der Waals surface area contributed by atoms with Crippen LogP contribution in [0.2, 0.25) is 0 Å². The molecule has 0 heterocycles. The summed E-state index contributed by atoms with van der Waals surface area (Å²) in [4.78, 5) is 11.9. The lowest BCUT2D eigenvalue weighted by atomic mass is 10.1. The first-order chi connectivity index (χ1) is 9.50. The number of rotatable bonds is 8. The molecule has 0 saturated heterocycles. The number of carbonyl (C=O) groups excluding carboxylic acids is 1. The number of amides is 1. The first kappa shape index (κ1) is 16.9. The smallest absolute Gasteiger partial charge is 0.340 e. The van der Waals surface area contributed by atoms with Crippen LogP contribution in [-0.2, 0) is 18.4 Å². The summed E-state index contributed by atoms with van der Waals surface area (Å²) in [5.74, 6) is -0.341. The molecule has 1 unspecified atom stereocenters. The third kappa shape index (κ3) is 5.45. The molecule has 0 radical (unpaired) electrons. The highest BCUT2D eigenvalue weighted by Crippen LogP contribution is 2.47. The van der Waals surface area contributed by atoms with Gasteiger partial charge in [0.2, 0.25) is 5.91 Å². The van der Waals surface area contributed by atoms with Gasteiger partial charge in [0.05, 0.1) is 19.3 Å². The number of nitrogens with one attached hydrogen (secondary N) is 1. The Morgan fingerprint density at radius 2 is 1.75 bits per heavy atom. The molecule has 5 nitrogen and oxygen atoms in total. The highest BCUT2D eigenvalue weighted by atomic mass is 31.2. The summed E-state index contributed by atoms with van der Waals surface area (Å²) < 4.78 is 22.4. The molecule has 112 valence electrons. The van der Waals surface area contributed by atoms with Crippen LogP contribution >= 0.6 is 7.60 Å². The Balaban J connectivity index is 2.60.